The number of methoxy groups -OCH3 is 1. The van der Waals surface area contributed by atoms with Crippen molar-refractivity contribution in [3.8, 4) is 5.75 Å². The normalized spacial score (nSPS) is 18.5. The number of carbonyl (C=O) groups is 1. The number of thiol groups is 1. The van der Waals surface area contributed by atoms with Crippen LogP contribution in [0.3, 0.4) is 0 Å². The summed E-state index contributed by atoms with van der Waals surface area (Å²) in [6, 6.07) is 11.8. The summed E-state index contributed by atoms with van der Waals surface area (Å²) >= 11 is 4.71. The molecule has 1 fully saturated rings. The number of piperidine rings is 1. The van der Waals surface area contributed by atoms with Crippen LogP contribution in [-0.2, 0) is 24.9 Å². The third-order valence-corrected chi connectivity index (χ3v) is 9.83. The van der Waals surface area contributed by atoms with Gasteiger partial charge in [-0.05, 0) is 89.8 Å². The standard InChI is InChI=1S/C31H43N2O6PS/c1-8-37-40(35,38-9-2)23-12-10-22(11-13-23)26-18-21(3)14-16-32(26)20-25-24-15-17-33(30(34)39-31(4,5)6)29(24)28(41)19-27(25)36-7/h10-13,15,17,19,21,26,41H,8-9,14,16,18,20H2,1-7H3. The molecule has 0 radical (unpaired) electrons. The van der Waals surface area contributed by atoms with Crippen molar-refractivity contribution in [2.75, 3.05) is 26.9 Å². The molecule has 1 aromatic heterocycles. The first-order chi connectivity index (χ1) is 19.4. The van der Waals surface area contributed by atoms with Crippen LogP contribution in [0.1, 0.15) is 71.6 Å². The number of ether oxygens (including phenoxy) is 2. The van der Waals surface area contributed by atoms with Crippen LogP contribution in [0.2, 0.25) is 0 Å². The number of likely N-dealkylation sites (tertiary alicyclic amines) is 1. The fourth-order valence-corrected chi connectivity index (χ4v) is 7.40. The van der Waals surface area contributed by atoms with Gasteiger partial charge in [0.25, 0.3) is 0 Å². The lowest BCUT2D eigenvalue weighted by atomic mass is 9.88. The fraction of sp³-hybridized carbons (Fsp3) is 0.516. The van der Waals surface area contributed by atoms with Crippen LogP contribution in [0.15, 0.2) is 47.5 Å². The van der Waals surface area contributed by atoms with Crippen molar-refractivity contribution < 1.29 is 27.9 Å². The quantitative estimate of drug-likeness (QED) is 0.200. The van der Waals surface area contributed by atoms with Gasteiger partial charge in [-0.1, -0.05) is 19.1 Å². The van der Waals surface area contributed by atoms with Gasteiger partial charge >= 0.3 is 13.7 Å². The maximum absolute atomic E-state index is 13.3. The number of hydrogen-bond acceptors (Lipinski definition) is 8. The Balaban J connectivity index is 1.70. The van der Waals surface area contributed by atoms with Gasteiger partial charge in [-0.25, -0.2) is 4.79 Å². The Bertz CT molecular complexity index is 1400. The molecule has 4 rings (SSSR count). The maximum atomic E-state index is 13.3. The van der Waals surface area contributed by atoms with Gasteiger partial charge in [-0.3, -0.25) is 14.0 Å². The Labute approximate surface area is 249 Å². The highest BCUT2D eigenvalue weighted by atomic mass is 32.1. The second-order valence-electron chi connectivity index (χ2n) is 11.5. The van der Waals surface area contributed by atoms with E-state index >= 15 is 0 Å². The average molecular weight is 603 g/mol. The monoisotopic (exact) mass is 602 g/mol. The molecular weight excluding hydrogens is 559 g/mol. The lowest BCUT2D eigenvalue weighted by Crippen LogP contribution is -2.36. The Morgan fingerprint density at radius 3 is 2.34 bits per heavy atom. The summed E-state index contributed by atoms with van der Waals surface area (Å²) in [5.74, 6) is 1.29. The molecule has 1 aliphatic heterocycles. The van der Waals surface area contributed by atoms with E-state index in [2.05, 4.69) is 11.8 Å². The Kier molecular flexibility index (Phi) is 9.97. The highest BCUT2D eigenvalue weighted by molar-refractivity contribution is 7.80. The molecule has 41 heavy (non-hydrogen) atoms. The topological polar surface area (TPSA) is 79.2 Å². The minimum Gasteiger partial charge on any atom is -0.496 e. The van der Waals surface area contributed by atoms with E-state index in [0.29, 0.717) is 41.4 Å². The predicted molar refractivity (Wildman–Crippen MR) is 166 cm³/mol. The van der Waals surface area contributed by atoms with Crippen LogP contribution >= 0.6 is 20.2 Å². The van der Waals surface area contributed by atoms with Crippen molar-refractivity contribution in [3.63, 3.8) is 0 Å². The molecule has 0 spiro atoms. The second-order valence-corrected chi connectivity index (χ2v) is 14.1. The minimum atomic E-state index is -3.35. The number of benzene rings is 2. The lowest BCUT2D eigenvalue weighted by Gasteiger charge is -2.39. The molecule has 0 bridgehead atoms. The summed E-state index contributed by atoms with van der Waals surface area (Å²) < 4.78 is 37.4. The third kappa shape index (κ3) is 7.03. The summed E-state index contributed by atoms with van der Waals surface area (Å²) in [7, 11) is -1.69. The summed E-state index contributed by atoms with van der Waals surface area (Å²) in [6.45, 7) is 13.6. The molecule has 0 saturated carbocycles. The van der Waals surface area contributed by atoms with E-state index in [1.54, 1.807) is 13.3 Å². The molecule has 0 N–H and O–H groups in total. The van der Waals surface area contributed by atoms with E-state index in [1.165, 1.54) is 4.57 Å². The van der Waals surface area contributed by atoms with Crippen molar-refractivity contribution >= 4 is 42.5 Å². The molecule has 8 nitrogen and oxygen atoms in total. The van der Waals surface area contributed by atoms with Gasteiger partial charge in [0, 0.05) is 34.6 Å². The zero-order chi connectivity index (χ0) is 29.9. The van der Waals surface area contributed by atoms with Crippen LogP contribution < -0.4 is 10.0 Å². The van der Waals surface area contributed by atoms with Crippen LogP contribution in [0.4, 0.5) is 4.79 Å². The molecule has 2 heterocycles. The SMILES string of the molecule is CCOP(=O)(OCC)c1ccc(C2CC(C)CCN2Cc2c(OC)cc(S)c3c2ccn3C(=O)OC(C)(C)C)cc1. The molecule has 2 unspecified atom stereocenters. The summed E-state index contributed by atoms with van der Waals surface area (Å²) in [5, 5.41) is 1.47. The summed E-state index contributed by atoms with van der Waals surface area (Å²) in [6.07, 6.45) is 3.36. The molecule has 224 valence electrons. The van der Waals surface area contributed by atoms with Crippen LogP contribution in [0.5, 0.6) is 5.75 Å². The molecular formula is C31H43N2O6PS. The van der Waals surface area contributed by atoms with E-state index in [-0.39, 0.29) is 6.04 Å². The highest BCUT2D eigenvalue weighted by Crippen LogP contribution is 2.47. The largest absolute Gasteiger partial charge is 0.496 e. The lowest BCUT2D eigenvalue weighted by molar-refractivity contribution is 0.0544. The number of aromatic nitrogens is 1. The van der Waals surface area contributed by atoms with Crippen LogP contribution in [-0.4, -0.2) is 48.0 Å². The second kappa shape index (κ2) is 12.9. The zero-order valence-electron chi connectivity index (χ0n) is 25.2. The van der Waals surface area contributed by atoms with Gasteiger partial charge in [-0.15, -0.1) is 12.6 Å². The highest BCUT2D eigenvalue weighted by Gasteiger charge is 2.32. The first-order valence-electron chi connectivity index (χ1n) is 14.3. The van der Waals surface area contributed by atoms with E-state index in [9.17, 15) is 9.36 Å². The minimum absolute atomic E-state index is 0.148. The molecule has 0 aliphatic carbocycles. The maximum Gasteiger partial charge on any atom is 0.419 e. The number of fused-ring (bicyclic) bond motifs is 1. The van der Waals surface area contributed by atoms with Crippen molar-refractivity contribution in [2.24, 2.45) is 5.92 Å². The Morgan fingerprint density at radius 1 is 1.10 bits per heavy atom. The summed E-state index contributed by atoms with van der Waals surface area (Å²) in [4.78, 5) is 16.1. The Hall–Kier alpha value is -2.29. The molecule has 10 heteroatoms. The van der Waals surface area contributed by atoms with E-state index in [4.69, 9.17) is 31.2 Å². The van der Waals surface area contributed by atoms with Gasteiger partial charge in [0.2, 0.25) is 0 Å². The fourth-order valence-electron chi connectivity index (χ4n) is 5.49. The van der Waals surface area contributed by atoms with E-state index in [0.717, 1.165) is 41.6 Å². The number of carbonyl (C=O) groups excluding carboxylic acids is 1. The molecule has 1 aliphatic rings. The van der Waals surface area contributed by atoms with Crippen molar-refractivity contribution in [3.05, 3.63) is 53.7 Å². The van der Waals surface area contributed by atoms with Crippen LogP contribution in [0.25, 0.3) is 10.9 Å². The number of rotatable bonds is 9. The van der Waals surface area contributed by atoms with Crippen molar-refractivity contribution in [2.45, 2.75) is 77.5 Å². The van der Waals surface area contributed by atoms with Gasteiger partial charge in [0.1, 0.15) is 11.4 Å². The number of nitrogens with zero attached hydrogens (tertiary/aromatic N) is 2. The number of hydrogen-bond donors (Lipinski definition) is 1. The molecule has 2 aromatic carbocycles. The Morgan fingerprint density at radius 2 is 1.76 bits per heavy atom. The van der Waals surface area contributed by atoms with Gasteiger partial charge in [0.15, 0.2) is 0 Å². The molecule has 3 aromatic rings. The van der Waals surface area contributed by atoms with Crippen molar-refractivity contribution in [1.29, 1.82) is 0 Å². The van der Waals surface area contributed by atoms with E-state index < -0.39 is 19.3 Å². The molecule has 0 amide bonds. The van der Waals surface area contributed by atoms with Gasteiger partial charge in [0.05, 0.1) is 31.1 Å². The van der Waals surface area contributed by atoms with E-state index in [1.807, 2.05) is 71.0 Å². The molecule has 1 saturated heterocycles. The third-order valence-electron chi connectivity index (χ3n) is 7.36. The summed E-state index contributed by atoms with van der Waals surface area (Å²) in [5.41, 5.74) is 2.22. The predicted octanol–water partition coefficient (Wildman–Crippen LogP) is 7.59. The first-order valence-corrected chi connectivity index (χ1v) is 16.3. The zero-order valence-corrected chi connectivity index (χ0v) is 27.0. The molecule has 2 atom stereocenters. The van der Waals surface area contributed by atoms with Gasteiger partial charge in [-0.2, -0.15) is 0 Å². The van der Waals surface area contributed by atoms with Crippen molar-refractivity contribution in [1.82, 2.24) is 9.47 Å². The smallest absolute Gasteiger partial charge is 0.419 e. The first kappa shape index (κ1) is 31.6. The van der Waals surface area contributed by atoms with Gasteiger partial charge < -0.3 is 18.5 Å². The van der Waals surface area contributed by atoms with Crippen LogP contribution in [0, 0.1) is 5.92 Å². The average Bonchev–Trinajstić information content (AvgIpc) is 3.37.